The van der Waals surface area contributed by atoms with Gasteiger partial charge in [-0.25, -0.2) is 4.21 Å². The summed E-state index contributed by atoms with van der Waals surface area (Å²) < 4.78 is 19.5. The van der Waals surface area contributed by atoms with Crippen LogP contribution in [0, 0.1) is 0 Å². The summed E-state index contributed by atoms with van der Waals surface area (Å²) in [4.78, 5) is 11.1. The Morgan fingerprint density at radius 3 is 2.86 bits per heavy atom. The van der Waals surface area contributed by atoms with Crippen LogP contribution in [0.15, 0.2) is 41.8 Å². The third kappa shape index (κ3) is 2.79. The predicted molar refractivity (Wildman–Crippen MR) is 54.3 cm³/mol. The van der Waals surface area contributed by atoms with Gasteiger partial charge in [-0.3, -0.25) is 4.79 Å². The molecule has 5 heteroatoms. The Morgan fingerprint density at radius 1 is 1.57 bits per heavy atom. The molecular weight excluding hydrogens is 202 g/mol. The van der Waals surface area contributed by atoms with E-state index in [1.165, 1.54) is 12.1 Å². The first-order valence-electron chi connectivity index (χ1n) is 3.78. The molecule has 2 N–H and O–H groups in total. The summed E-state index contributed by atoms with van der Waals surface area (Å²) in [5, 5.41) is 2.48. The van der Waals surface area contributed by atoms with E-state index in [0.29, 0.717) is 5.69 Å². The van der Waals surface area contributed by atoms with Gasteiger partial charge in [-0.15, -0.1) is 0 Å². The largest absolute Gasteiger partial charge is 0.322 e. The molecule has 1 aromatic carbocycles. The molecule has 1 amide bonds. The van der Waals surface area contributed by atoms with Crippen LogP contribution < -0.4 is 5.32 Å². The van der Waals surface area contributed by atoms with Crippen LogP contribution in [0.3, 0.4) is 0 Å². The molecule has 1 atom stereocenters. The summed E-state index contributed by atoms with van der Waals surface area (Å²) in [7, 11) is 0. The maximum atomic E-state index is 10.9. The van der Waals surface area contributed by atoms with Crippen molar-refractivity contribution in [3.05, 3.63) is 36.9 Å². The van der Waals surface area contributed by atoms with Crippen LogP contribution in [0.1, 0.15) is 0 Å². The molecule has 74 valence electrons. The summed E-state index contributed by atoms with van der Waals surface area (Å²) in [6.07, 6.45) is 1.13. The van der Waals surface area contributed by atoms with E-state index in [1.807, 2.05) is 0 Å². The van der Waals surface area contributed by atoms with Crippen LogP contribution in [0.5, 0.6) is 0 Å². The van der Waals surface area contributed by atoms with Gasteiger partial charge in [0.1, 0.15) is 0 Å². The molecule has 1 unspecified atom stereocenters. The number of hydrogen-bond donors (Lipinski definition) is 2. The lowest BCUT2D eigenvalue weighted by Crippen LogP contribution is -2.07. The highest BCUT2D eigenvalue weighted by atomic mass is 32.2. The number of anilines is 1. The SMILES string of the molecule is C=CC(=O)Nc1cccc(S(=O)O)c1. The first kappa shape index (κ1) is 10.6. The van der Waals surface area contributed by atoms with E-state index in [9.17, 15) is 9.00 Å². The molecule has 1 rings (SSSR count). The second-order valence-corrected chi connectivity index (χ2v) is 3.44. The van der Waals surface area contributed by atoms with Crippen molar-refractivity contribution in [3.63, 3.8) is 0 Å². The smallest absolute Gasteiger partial charge is 0.247 e. The summed E-state index contributed by atoms with van der Waals surface area (Å²) in [5.41, 5.74) is 0.467. The van der Waals surface area contributed by atoms with E-state index in [2.05, 4.69) is 11.9 Å². The van der Waals surface area contributed by atoms with Crippen molar-refractivity contribution in [1.29, 1.82) is 0 Å². The molecule has 0 bridgehead atoms. The van der Waals surface area contributed by atoms with Gasteiger partial charge in [0.15, 0.2) is 11.1 Å². The zero-order valence-electron chi connectivity index (χ0n) is 7.27. The average Bonchev–Trinajstić information content (AvgIpc) is 2.18. The second kappa shape index (κ2) is 4.69. The maximum absolute atomic E-state index is 10.9. The Labute approximate surface area is 83.9 Å². The van der Waals surface area contributed by atoms with Gasteiger partial charge in [0.2, 0.25) is 5.91 Å². The predicted octanol–water partition coefficient (Wildman–Crippen LogP) is 1.39. The van der Waals surface area contributed by atoms with Gasteiger partial charge >= 0.3 is 0 Å². The van der Waals surface area contributed by atoms with Gasteiger partial charge in [-0.2, -0.15) is 0 Å². The van der Waals surface area contributed by atoms with Crippen LogP contribution in [0.4, 0.5) is 5.69 Å². The number of rotatable bonds is 3. The number of amides is 1. The summed E-state index contributed by atoms with van der Waals surface area (Å²) in [6.45, 7) is 3.29. The van der Waals surface area contributed by atoms with Gasteiger partial charge < -0.3 is 9.87 Å². The highest BCUT2D eigenvalue weighted by Gasteiger charge is 2.01. The Balaban J connectivity index is 2.88. The van der Waals surface area contributed by atoms with Crippen molar-refractivity contribution in [1.82, 2.24) is 0 Å². The standard InChI is InChI=1S/C9H9NO3S/c1-2-9(11)10-7-4-3-5-8(6-7)14(12)13/h2-6H,1H2,(H,10,11)(H,12,13). The lowest BCUT2D eigenvalue weighted by atomic mass is 10.3. The Morgan fingerprint density at radius 2 is 2.29 bits per heavy atom. The molecule has 0 aliphatic heterocycles. The van der Waals surface area contributed by atoms with Crippen molar-refractivity contribution in [2.45, 2.75) is 4.90 Å². The summed E-state index contributed by atoms with van der Waals surface area (Å²) in [6, 6.07) is 6.14. The number of nitrogens with one attached hydrogen (secondary N) is 1. The van der Waals surface area contributed by atoms with Crippen LogP contribution in [-0.2, 0) is 15.9 Å². The second-order valence-electron chi connectivity index (χ2n) is 2.47. The van der Waals surface area contributed by atoms with Crippen molar-refractivity contribution in [2.24, 2.45) is 0 Å². The van der Waals surface area contributed by atoms with E-state index in [1.54, 1.807) is 12.1 Å². The fraction of sp³-hybridized carbons (Fsp3) is 0. The highest BCUT2D eigenvalue weighted by Crippen LogP contribution is 2.12. The lowest BCUT2D eigenvalue weighted by molar-refractivity contribution is -0.111. The Bertz CT molecular complexity index is 389. The minimum Gasteiger partial charge on any atom is -0.322 e. The van der Waals surface area contributed by atoms with Gasteiger partial charge in [-0.1, -0.05) is 12.6 Å². The van der Waals surface area contributed by atoms with Crippen LogP contribution in [-0.4, -0.2) is 14.7 Å². The third-order valence-electron chi connectivity index (χ3n) is 1.49. The van der Waals surface area contributed by atoms with Gasteiger partial charge in [0.05, 0.1) is 4.90 Å². The van der Waals surface area contributed by atoms with Gasteiger partial charge in [0.25, 0.3) is 0 Å². The molecule has 0 fully saturated rings. The van der Waals surface area contributed by atoms with Crippen LogP contribution in [0.2, 0.25) is 0 Å². The fourth-order valence-corrected chi connectivity index (χ4v) is 1.30. The zero-order chi connectivity index (χ0) is 10.6. The Hall–Kier alpha value is -1.46. The zero-order valence-corrected chi connectivity index (χ0v) is 8.08. The summed E-state index contributed by atoms with van der Waals surface area (Å²) >= 11 is -2.03. The van der Waals surface area contributed by atoms with Crippen LogP contribution in [0.25, 0.3) is 0 Å². The van der Waals surface area contributed by atoms with E-state index in [-0.39, 0.29) is 10.8 Å². The highest BCUT2D eigenvalue weighted by molar-refractivity contribution is 7.79. The normalized spacial score (nSPS) is 11.8. The van der Waals surface area contributed by atoms with Crippen molar-refractivity contribution in [3.8, 4) is 0 Å². The summed E-state index contributed by atoms with van der Waals surface area (Å²) in [5.74, 6) is -0.356. The third-order valence-corrected chi connectivity index (χ3v) is 2.15. The van der Waals surface area contributed by atoms with Gasteiger partial charge in [0, 0.05) is 5.69 Å². The van der Waals surface area contributed by atoms with E-state index in [4.69, 9.17) is 4.55 Å². The van der Waals surface area contributed by atoms with E-state index in [0.717, 1.165) is 6.08 Å². The molecule has 0 heterocycles. The number of carbonyl (C=O) groups is 1. The quantitative estimate of drug-likeness (QED) is 0.586. The van der Waals surface area contributed by atoms with E-state index < -0.39 is 11.1 Å². The fourth-order valence-electron chi connectivity index (χ4n) is 0.876. The molecule has 0 aromatic heterocycles. The van der Waals surface area contributed by atoms with E-state index >= 15 is 0 Å². The topological polar surface area (TPSA) is 66.4 Å². The monoisotopic (exact) mass is 211 g/mol. The number of hydrogen-bond acceptors (Lipinski definition) is 2. The molecular formula is C9H9NO3S. The molecule has 0 radical (unpaired) electrons. The minimum absolute atomic E-state index is 0.242. The molecule has 4 nitrogen and oxygen atoms in total. The maximum Gasteiger partial charge on any atom is 0.247 e. The molecule has 1 aromatic rings. The van der Waals surface area contributed by atoms with Crippen molar-refractivity contribution >= 4 is 22.7 Å². The first-order chi connectivity index (χ1) is 6.63. The molecule has 0 saturated carbocycles. The lowest BCUT2D eigenvalue weighted by Gasteiger charge is -2.02. The number of benzene rings is 1. The number of carbonyl (C=O) groups excluding carboxylic acids is 1. The van der Waals surface area contributed by atoms with Gasteiger partial charge in [-0.05, 0) is 24.3 Å². The first-order valence-corrected chi connectivity index (χ1v) is 4.88. The molecule has 0 aliphatic rings. The molecule has 14 heavy (non-hydrogen) atoms. The molecule has 0 saturated heterocycles. The Kier molecular flexibility index (Phi) is 3.55. The molecule has 0 aliphatic carbocycles. The molecule has 0 spiro atoms. The van der Waals surface area contributed by atoms with Crippen molar-refractivity contribution < 1.29 is 13.6 Å². The van der Waals surface area contributed by atoms with Crippen LogP contribution >= 0.6 is 0 Å². The minimum atomic E-state index is -2.03. The average molecular weight is 211 g/mol. The van der Waals surface area contributed by atoms with Crippen molar-refractivity contribution in [2.75, 3.05) is 5.32 Å².